The summed E-state index contributed by atoms with van der Waals surface area (Å²) in [5.41, 5.74) is 1.93. The highest BCUT2D eigenvalue weighted by molar-refractivity contribution is 7.90. The van der Waals surface area contributed by atoms with Gasteiger partial charge in [0.05, 0.1) is 11.5 Å². The molecule has 31 heavy (non-hydrogen) atoms. The molecule has 9 heteroatoms. The van der Waals surface area contributed by atoms with Crippen LogP contribution in [0.1, 0.15) is 36.2 Å². The van der Waals surface area contributed by atoms with Crippen molar-refractivity contribution in [3.8, 4) is 5.75 Å². The van der Waals surface area contributed by atoms with Crippen molar-refractivity contribution in [2.75, 3.05) is 6.61 Å². The Balaban J connectivity index is 1.47. The Morgan fingerprint density at radius 1 is 1.10 bits per heavy atom. The molecule has 1 amide bonds. The number of hydrogen-bond acceptors (Lipinski definition) is 7. The predicted molar refractivity (Wildman–Crippen MR) is 114 cm³/mol. The maximum atomic E-state index is 12.5. The number of nitrogens with one attached hydrogen (secondary N) is 1. The van der Waals surface area contributed by atoms with Crippen molar-refractivity contribution in [1.29, 1.82) is 0 Å². The van der Waals surface area contributed by atoms with Crippen molar-refractivity contribution in [1.82, 2.24) is 15.5 Å². The first-order chi connectivity index (χ1) is 14.9. The van der Waals surface area contributed by atoms with E-state index in [9.17, 15) is 13.2 Å². The van der Waals surface area contributed by atoms with E-state index in [0.29, 0.717) is 13.2 Å². The average Bonchev–Trinajstić information content (AvgIpc) is 3.19. The fourth-order valence-corrected chi connectivity index (χ4v) is 4.00. The number of carbonyl (C=O) groups is 1. The molecular formula is C22H25N3O5S. The zero-order valence-corrected chi connectivity index (χ0v) is 18.3. The monoisotopic (exact) mass is 443 g/mol. The highest BCUT2D eigenvalue weighted by Crippen LogP contribution is 2.16. The third-order valence-corrected chi connectivity index (χ3v) is 6.13. The van der Waals surface area contributed by atoms with E-state index in [2.05, 4.69) is 15.5 Å². The molecule has 0 aliphatic heterocycles. The summed E-state index contributed by atoms with van der Waals surface area (Å²) < 4.78 is 35.4. The second-order valence-electron chi connectivity index (χ2n) is 7.03. The molecule has 1 N–H and O–H groups in total. The number of nitrogens with zero attached hydrogens (tertiary/aromatic N) is 2. The lowest BCUT2D eigenvalue weighted by Gasteiger charge is -2.06. The van der Waals surface area contributed by atoms with Gasteiger partial charge in [-0.1, -0.05) is 35.0 Å². The first kappa shape index (κ1) is 22.5. The summed E-state index contributed by atoms with van der Waals surface area (Å²) in [6, 6.07) is 14.1. The van der Waals surface area contributed by atoms with Gasteiger partial charge in [0.25, 0.3) is 0 Å². The van der Waals surface area contributed by atoms with Crippen LogP contribution in [0.5, 0.6) is 5.75 Å². The Kier molecular flexibility index (Phi) is 7.41. The molecule has 0 fully saturated rings. The maximum Gasteiger partial charge on any atom is 0.227 e. The quantitative estimate of drug-likeness (QED) is 0.513. The minimum absolute atomic E-state index is 0.0744. The molecule has 8 nitrogen and oxygen atoms in total. The molecule has 164 valence electrons. The summed E-state index contributed by atoms with van der Waals surface area (Å²) >= 11 is 0. The van der Waals surface area contributed by atoms with Crippen LogP contribution in [0.4, 0.5) is 0 Å². The van der Waals surface area contributed by atoms with Crippen LogP contribution in [0.2, 0.25) is 0 Å². The molecule has 0 aliphatic carbocycles. The van der Waals surface area contributed by atoms with Gasteiger partial charge in [0.15, 0.2) is 15.7 Å². The number of ether oxygens (including phenoxy) is 1. The number of carbonyl (C=O) groups excluding carboxylic acids is 1. The van der Waals surface area contributed by atoms with E-state index in [-0.39, 0.29) is 41.1 Å². The molecular weight excluding hydrogens is 418 g/mol. The molecule has 0 saturated carbocycles. The second kappa shape index (κ2) is 10.2. The average molecular weight is 444 g/mol. The lowest BCUT2D eigenvalue weighted by molar-refractivity contribution is -0.121. The van der Waals surface area contributed by atoms with E-state index in [1.807, 2.05) is 38.1 Å². The Hall–Kier alpha value is -3.20. The smallest absolute Gasteiger partial charge is 0.227 e. The molecule has 2 aromatic carbocycles. The van der Waals surface area contributed by atoms with Crippen LogP contribution < -0.4 is 10.1 Å². The molecule has 0 radical (unpaired) electrons. The van der Waals surface area contributed by atoms with Gasteiger partial charge in [-0.15, -0.1) is 0 Å². The van der Waals surface area contributed by atoms with Gasteiger partial charge in [0.1, 0.15) is 11.5 Å². The number of rotatable bonds is 10. The highest BCUT2D eigenvalue weighted by atomic mass is 32.2. The molecule has 1 heterocycles. The van der Waals surface area contributed by atoms with Crippen molar-refractivity contribution in [2.24, 2.45) is 0 Å². The van der Waals surface area contributed by atoms with E-state index >= 15 is 0 Å². The van der Waals surface area contributed by atoms with Crippen molar-refractivity contribution < 1.29 is 22.5 Å². The topological polar surface area (TPSA) is 111 Å². The Morgan fingerprint density at radius 3 is 2.48 bits per heavy atom. The second-order valence-corrected chi connectivity index (χ2v) is 9.02. The summed E-state index contributed by atoms with van der Waals surface area (Å²) in [5, 5.41) is 6.56. The first-order valence-corrected chi connectivity index (χ1v) is 11.6. The van der Waals surface area contributed by atoms with Gasteiger partial charge in [-0.05, 0) is 43.7 Å². The molecule has 3 aromatic rings. The number of aryl methyl sites for hydroxylation is 2. The van der Waals surface area contributed by atoms with Gasteiger partial charge < -0.3 is 14.6 Å². The lowest BCUT2D eigenvalue weighted by Crippen LogP contribution is -2.23. The first-order valence-electron chi connectivity index (χ1n) is 9.95. The van der Waals surface area contributed by atoms with Crippen LogP contribution >= 0.6 is 0 Å². The normalized spacial score (nSPS) is 11.3. The Morgan fingerprint density at radius 2 is 1.81 bits per heavy atom. The molecule has 0 aliphatic rings. The molecule has 0 spiro atoms. The molecule has 3 rings (SSSR count). The fraction of sp³-hybridized carbons (Fsp3) is 0.318. The maximum absolute atomic E-state index is 12.5. The van der Waals surface area contributed by atoms with Crippen molar-refractivity contribution in [2.45, 2.75) is 43.9 Å². The van der Waals surface area contributed by atoms with E-state index < -0.39 is 9.84 Å². The van der Waals surface area contributed by atoms with E-state index in [1.165, 1.54) is 0 Å². The minimum Gasteiger partial charge on any atom is -0.494 e. The van der Waals surface area contributed by atoms with Crippen molar-refractivity contribution in [3.05, 3.63) is 71.4 Å². The largest absolute Gasteiger partial charge is 0.494 e. The third-order valence-electron chi connectivity index (χ3n) is 4.50. The van der Waals surface area contributed by atoms with Crippen molar-refractivity contribution in [3.63, 3.8) is 0 Å². The molecule has 0 unspecified atom stereocenters. The predicted octanol–water partition coefficient (Wildman–Crippen LogP) is 3.00. The van der Waals surface area contributed by atoms with Gasteiger partial charge in [0, 0.05) is 19.4 Å². The zero-order valence-electron chi connectivity index (χ0n) is 17.5. The van der Waals surface area contributed by atoms with E-state index in [4.69, 9.17) is 9.26 Å². The van der Waals surface area contributed by atoms with Crippen LogP contribution in [0, 0.1) is 6.92 Å². The van der Waals surface area contributed by atoms with Crippen molar-refractivity contribution >= 4 is 15.7 Å². The van der Waals surface area contributed by atoms with Crippen LogP contribution in [-0.4, -0.2) is 31.1 Å². The zero-order chi connectivity index (χ0) is 22.3. The summed E-state index contributed by atoms with van der Waals surface area (Å²) in [6.07, 6.45) is 0.385. The summed E-state index contributed by atoms with van der Waals surface area (Å²) in [5.74, 6) is 0.564. The van der Waals surface area contributed by atoms with Crippen LogP contribution in [0.15, 0.2) is 57.9 Å². The number of benzene rings is 2. The molecule has 0 bridgehead atoms. The van der Waals surface area contributed by atoms with E-state index in [1.54, 1.807) is 24.3 Å². The summed E-state index contributed by atoms with van der Waals surface area (Å²) in [7, 11) is -3.57. The number of sulfone groups is 1. The van der Waals surface area contributed by atoms with Gasteiger partial charge in [-0.25, -0.2) is 8.42 Å². The molecule has 0 atom stereocenters. The Bertz CT molecular complexity index is 1110. The lowest BCUT2D eigenvalue weighted by atomic mass is 10.2. The summed E-state index contributed by atoms with van der Waals surface area (Å²) in [6.45, 7) is 4.81. The highest BCUT2D eigenvalue weighted by Gasteiger charge is 2.19. The van der Waals surface area contributed by atoms with Gasteiger partial charge in [0.2, 0.25) is 11.8 Å². The van der Waals surface area contributed by atoms with Gasteiger partial charge in [-0.2, -0.15) is 4.98 Å². The van der Waals surface area contributed by atoms with Gasteiger partial charge in [-0.3, -0.25) is 4.79 Å². The third kappa shape index (κ3) is 6.65. The van der Waals surface area contributed by atoms with Gasteiger partial charge >= 0.3 is 0 Å². The minimum atomic E-state index is -3.57. The molecule has 0 saturated heterocycles. The van der Waals surface area contributed by atoms with Crippen LogP contribution in [0.3, 0.4) is 0 Å². The number of aromatic nitrogens is 2. The number of hydrogen-bond donors (Lipinski definition) is 1. The Labute approximate surface area is 181 Å². The fourth-order valence-electron chi connectivity index (χ4n) is 2.83. The SMILES string of the molecule is CCOc1ccc(CNC(=O)CCc2nc(CS(=O)(=O)c3ccc(C)cc3)no2)cc1. The van der Waals surface area contributed by atoms with Crippen LogP contribution in [-0.2, 0) is 33.4 Å². The molecule has 1 aromatic heterocycles. The standard InChI is InChI=1S/C22H25N3O5S/c1-3-29-18-8-6-17(7-9-18)14-23-21(26)12-13-22-24-20(25-30-22)15-31(27,28)19-10-4-16(2)5-11-19/h4-11H,3,12-15H2,1-2H3,(H,23,26). The summed E-state index contributed by atoms with van der Waals surface area (Å²) in [4.78, 5) is 16.4. The van der Waals surface area contributed by atoms with Crippen LogP contribution in [0.25, 0.3) is 0 Å². The van der Waals surface area contributed by atoms with E-state index in [0.717, 1.165) is 16.9 Å². The number of amides is 1.